The quantitative estimate of drug-likeness (QED) is 0.518. The molecule has 0 saturated carbocycles. The van der Waals surface area contributed by atoms with Gasteiger partial charge in [0.05, 0.1) is 0 Å². The Labute approximate surface area is 79.0 Å². The minimum atomic E-state index is 0.732. The summed E-state index contributed by atoms with van der Waals surface area (Å²) in [6.45, 7) is 0.732. The zero-order chi connectivity index (χ0) is 9.36. The molecule has 0 fully saturated rings. The molecule has 0 atom stereocenters. The molecular weight excluding hydrogens is 162 g/mol. The molecule has 2 heteroatoms. The zero-order valence-corrected chi connectivity index (χ0v) is 7.62. The summed E-state index contributed by atoms with van der Waals surface area (Å²) >= 11 is 0. The summed E-state index contributed by atoms with van der Waals surface area (Å²) in [5.41, 5.74) is 1.36. The van der Waals surface area contributed by atoms with E-state index in [1.807, 2.05) is 18.2 Å². The number of aryl methyl sites for hydroxylation is 1. The van der Waals surface area contributed by atoms with Crippen LogP contribution in [-0.2, 0) is 11.2 Å². The molecule has 0 aliphatic carbocycles. The molecule has 0 heterocycles. The van der Waals surface area contributed by atoms with Crippen molar-refractivity contribution in [3.8, 4) is 0 Å². The van der Waals surface area contributed by atoms with E-state index < -0.39 is 0 Å². The fourth-order valence-corrected chi connectivity index (χ4v) is 1.24. The normalized spacial score (nSPS) is 9.54. The summed E-state index contributed by atoms with van der Waals surface area (Å²) in [6.07, 6.45) is 4.88. The lowest BCUT2D eigenvalue weighted by Gasteiger charge is -2.00. The van der Waals surface area contributed by atoms with Gasteiger partial charge < -0.3 is 5.32 Å². The second-order valence-corrected chi connectivity index (χ2v) is 2.97. The molecule has 1 aromatic carbocycles. The van der Waals surface area contributed by atoms with Gasteiger partial charge >= 0.3 is 6.41 Å². The first-order valence-electron chi connectivity index (χ1n) is 4.57. The van der Waals surface area contributed by atoms with Crippen LogP contribution in [0.3, 0.4) is 0 Å². The van der Waals surface area contributed by atoms with Gasteiger partial charge in [0.2, 0.25) is 0 Å². The van der Waals surface area contributed by atoms with Crippen LogP contribution in [0.15, 0.2) is 30.3 Å². The van der Waals surface area contributed by atoms with Gasteiger partial charge in [0.25, 0.3) is 0 Å². The van der Waals surface area contributed by atoms with E-state index in [1.54, 1.807) is 6.41 Å². The predicted octanol–water partition coefficient (Wildman–Crippen LogP) is 1.67. The lowest BCUT2D eigenvalue weighted by molar-refractivity contribution is 0.539. The Balaban J connectivity index is 2.10. The minimum absolute atomic E-state index is 0.732. The lowest BCUT2D eigenvalue weighted by Crippen LogP contribution is -2.11. The number of rotatable bonds is 6. The zero-order valence-electron chi connectivity index (χ0n) is 7.62. The first-order chi connectivity index (χ1) is 6.43. The SMILES string of the molecule is O=[C]NCCCCc1ccccc1. The monoisotopic (exact) mass is 176 g/mol. The summed E-state index contributed by atoms with van der Waals surface area (Å²) < 4.78 is 0. The molecule has 1 aromatic rings. The minimum Gasteiger partial charge on any atom is -0.348 e. The summed E-state index contributed by atoms with van der Waals surface area (Å²) in [7, 11) is 0. The third-order valence-corrected chi connectivity index (χ3v) is 1.93. The lowest BCUT2D eigenvalue weighted by atomic mass is 10.1. The maximum Gasteiger partial charge on any atom is 0.309 e. The highest BCUT2D eigenvalue weighted by molar-refractivity contribution is 5.46. The molecule has 0 saturated heterocycles. The second kappa shape index (κ2) is 6.23. The van der Waals surface area contributed by atoms with Crippen molar-refractivity contribution in [1.29, 1.82) is 0 Å². The van der Waals surface area contributed by atoms with Crippen LogP contribution in [0.5, 0.6) is 0 Å². The van der Waals surface area contributed by atoms with Crippen molar-refractivity contribution < 1.29 is 4.79 Å². The van der Waals surface area contributed by atoms with E-state index in [0.29, 0.717) is 0 Å². The van der Waals surface area contributed by atoms with Crippen molar-refractivity contribution in [3.63, 3.8) is 0 Å². The summed E-state index contributed by atoms with van der Waals surface area (Å²) in [5, 5.41) is 2.53. The number of carbonyl (C=O) groups excluding carboxylic acids is 1. The fraction of sp³-hybridized carbons (Fsp3) is 0.364. The van der Waals surface area contributed by atoms with Crippen LogP contribution in [0.4, 0.5) is 0 Å². The highest BCUT2D eigenvalue weighted by atomic mass is 16.1. The molecule has 1 amide bonds. The van der Waals surface area contributed by atoms with E-state index in [1.165, 1.54) is 5.56 Å². The van der Waals surface area contributed by atoms with Gasteiger partial charge in [0.15, 0.2) is 0 Å². The van der Waals surface area contributed by atoms with Crippen LogP contribution >= 0.6 is 0 Å². The number of unbranched alkanes of at least 4 members (excludes halogenated alkanes) is 1. The van der Waals surface area contributed by atoms with Gasteiger partial charge in [-0.25, -0.2) is 0 Å². The highest BCUT2D eigenvalue weighted by Gasteiger charge is 1.91. The topological polar surface area (TPSA) is 29.1 Å². The Kier molecular flexibility index (Phi) is 4.69. The van der Waals surface area contributed by atoms with E-state index in [-0.39, 0.29) is 0 Å². The number of hydrogen-bond acceptors (Lipinski definition) is 1. The molecule has 0 aromatic heterocycles. The van der Waals surface area contributed by atoms with Crippen molar-refractivity contribution in [3.05, 3.63) is 35.9 Å². The van der Waals surface area contributed by atoms with Crippen LogP contribution in [0.25, 0.3) is 0 Å². The molecule has 69 valence electrons. The number of nitrogens with one attached hydrogen (secondary N) is 1. The van der Waals surface area contributed by atoms with Crippen molar-refractivity contribution in [2.24, 2.45) is 0 Å². The first kappa shape index (κ1) is 9.78. The van der Waals surface area contributed by atoms with Gasteiger partial charge in [-0.15, -0.1) is 0 Å². The van der Waals surface area contributed by atoms with Gasteiger partial charge in [0.1, 0.15) is 0 Å². The Morgan fingerprint density at radius 3 is 2.62 bits per heavy atom. The highest BCUT2D eigenvalue weighted by Crippen LogP contribution is 2.03. The first-order valence-corrected chi connectivity index (χ1v) is 4.57. The molecule has 0 spiro atoms. The smallest absolute Gasteiger partial charge is 0.309 e. The second-order valence-electron chi connectivity index (χ2n) is 2.97. The third-order valence-electron chi connectivity index (χ3n) is 1.93. The van der Waals surface area contributed by atoms with Crippen molar-refractivity contribution >= 4 is 6.41 Å². The average molecular weight is 176 g/mol. The molecule has 0 aliphatic heterocycles. The maximum absolute atomic E-state index is 9.80. The van der Waals surface area contributed by atoms with Crippen LogP contribution in [0.1, 0.15) is 18.4 Å². The van der Waals surface area contributed by atoms with Crippen molar-refractivity contribution in [2.75, 3.05) is 6.54 Å². The van der Waals surface area contributed by atoms with Gasteiger partial charge in [0, 0.05) is 6.54 Å². The van der Waals surface area contributed by atoms with E-state index in [2.05, 4.69) is 17.4 Å². The molecule has 1 rings (SSSR count). The van der Waals surface area contributed by atoms with Crippen molar-refractivity contribution in [2.45, 2.75) is 19.3 Å². The molecule has 0 unspecified atom stereocenters. The summed E-state index contributed by atoms with van der Waals surface area (Å²) in [5.74, 6) is 0. The standard InChI is InChI=1S/C11H14NO/c13-10-12-9-5-4-8-11-6-2-1-3-7-11/h1-3,6-7H,4-5,8-9H2,(H,12,13). The van der Waals surface area contributed by atoms with Gasteiger partial charge in [-0.3, -0.25) is 4.79 Å². The van der Waals surface area contributed by atoms with Crippen LogP contribution in [0.2, 0.25) is 0 Å². The van der Waals surface area contributed by atoms with Crippen LogP contribution in [0, 0.1) is 0 Å². The number of benzene rings is 1. The van der Waals surface area contributed by atoms with Gasteiger partial charge in [-0.1, -0.05) is 30.3 Å². The maximum atomic E-state index is 9.80. The average Bonchev–Trinajstić information content (AvgIpc) is 2.19. The fourth-order valence-electron chi connectivity index (χ4n) is 1.24. The van der Waals surface area contributed by atoms with E-state index in [4.69, 9.17) is 0 Å². The molecule has 1 N–H and O–H groups in total. The van der Waals surface area contributed by atoms with Gasteiger partial charge in [-0.05, 0) is 24.8 Å². The number of amides is 1. The van der Waals surface area contributed by atoms with Crippen LogP contribution < -0.4 is 5.32 Å². The van der Waals surface area contributed by atoms with E-state index in [0.717, 1.165) is 25.8 Å². The third kappa shape index (κ3) is 4.31. The van der Waals surface area contributed by atoms with E-state index in [9.17, 15) is 4.79 Å². The predicted molar refractivity (Wildman–Crippen MR) is 53.1 cm³/mol. The Morgan fingerprint density at radius 2 is 1.92 bits per heavy atom. The molecular formula is C11H14NO. The largest absolute Gasteiger partial charge is 0.348 e. The number of hydrogen-bond donors (Lipinski definition) is 1. The molecule has 0 aliphatic rings. The Morgan fingerprint density at radius 1 is 1.15 bits per heavy atom. The molecule has 0 bridgehead atoms. The molecule has 1 radical (unpaired) electrons. The van der Waals surface area contributed by atoms with Crippen molar-refractivity contribution in [1.82, 2.24) is 5.32 Å². The van der Waals surface area contributed by atoms with E-state index >= 15 is 0 Å². The van der Waals surface area contributed by atoms with Crippen LogP contribution in [-0.4, -0.2) is 13.0 Å². The Bertz CT molecular complexity index is 233. The summed E-state index contributed by atoms with van der Waals surface area (Å²) in [4.78, 5) is 9.80. The molecule has 13 heavy (non-hydrogen) atoms. The summed E-state index contributed by atoms with van der Waals surface area (Å²) in [6, 6.07) is 10.4. The Hall–Kier alpha value is -1.31. The van der Waals surface area contributed by atoms with Gasteiger partial charge in [-0.2, -0.15) is 0 Å². The molecule has 2 nitrogen and oxygen atoms in total.